The van der Waals surface area contributed by atoms with E-state index in [1.807, 2.05) is 13.8 Å². The number of aliphatic carboxylic acids is 1. The summed E-state index contributed by atoms with van der Waals surface area (Å²) in [6.07, 6.45) is 8.60. The van der Waals surface area contributed by atoms with Crippen molar-refractivity contribution in [3.63, 3.8) is 0 Å². The molecule has 0 amide bonds. The molecule has 0 spiro atoms. The molecule has 0 heterocycles. The highest BCUT2D eigenvalue weighted by molar-refractivity contribution is 5.73. The van der Waals surface area contributed by atoms with E-state index in [4.69, 9.17) is 5.11 Å². The van der Waals surface area contributed by atoms with Crippen molar-refractivity contribution in [2.45, 2.75) is 64.8 Å². The second-order valence-electron chi connectivity index (χ2n) is 6.82. The minimum atomic E-state index is -0.667. The summed E-state index contributed by atoms with van der Waals surface area (Å²) in [6.45, 7) is 6.14. The van der Waals surface area contributed by atoms with E-state index in [1.54, 1.807) is 0 Å². The second kappa shape index (κ2) is 5.60. The number of carbonyl (C=O) groups is 1. The lowest BCUT2D eigenvalue weighted by Gasteiger charge is -2.23. The van der Waals surface area contributed by atoms with Crippen LogP contribution in [0.15, 0.2) is 0 Å². The fraction of sp³-hybridized carbons (Fsp3) is 0.933. The zero-order valence-corrected chi connectivity index (χ0v) is 11.8. The van der Waals surface area contributed by atoms with Crippen molar-refractivity contribution < 1.29 is 9.90 Å². The van der Waals surface area contributed by atoms with Crippen molar-refractivity contribution in [1.82, 2.24) is 4.90 Å². The van der Waals surface area contributed by atoms with Gasteiger partial charge in [0.1, 0.15) is 0 Å². The zero-order chi connectivity index (χ0) is 13.2. The Morgan fingerprint density at radius 2 is 1.89 bits per heavy atom. The van der Waals surface area contributed by atoms with Gasteiger partial charge in [-0.2, -0.15) is 0 Å². The molecule has 3 nitrogen and oxygen atoms in total. The Morgan fingerprint density at radius 3 is 2.39 bits per heavy atom. The first kappa shape index (κ1) is 13.9. The van der Waals surface area contributed by atoms with Gasteiger partial charge in [-0.25, -0.2) is 0 Å². The van der Waals surface area contributed by atoms with Crippen LogP contribution in [-0.4, -0.2) is 35.1 Å². The molecule has 0 bridgehead atoms. The van der Waals surface area contributed by atoms with E-state index in [1.165, 1.54) is 38.8 Å². The monoisotopic (exact) mass is 253 g/mol. The molecule has 18 heavy (non-hydrogen) atoms. The van der Waals surface area contributed by atoms with Gasteiger partial charge in [-0.3, -0.25) is 4.79 Å². The van der Waals surface area contributed by atoms with E-state index < -0.39 is 11.4 Å². The van der Waals surface area contributed by atoms with E-state index in [0.29, 0.717) is 0 Å². The van der Waals surface area contributed by atoms with Crippen molar-refractivity contribution in [3.05, 3.63) is 0 Å². The van der Waals surface area contributed by atoms with Gasteiger partial charge in [0.2, 0.25) is 0 Å². The maximum absolute atomic E-state index is 11.0. The maximum Gasteiger partial charge on any atom is 0.309 e. The number of nitrogens with zero attached hydrogens (tertiary/aromatic N) is 1. The summed E-state index contributed by atoms with van der Waals surface area (Å²) >= 11 is 0. The molecule has 2 aliphatic carbocycles. The third-order valence-electron chi connectivity index (χ3n) is 4.33. The Labute approximate surface area is 111 Å². The Morgan fingerprint density at radius 1 is 1.22 bits per heavy atom. The number of unbranched alkanes of at least 4 members (excludes halogenated alkanes) is 1. The molecule has 0 aliphatic heterocycles. The van der Waals surface area contributed by atoms with Crippen LogP contribution in [0.2, 0.25) is 0 Å². The van der Waals surface area contributed by atoms with Gasteiger partial charge in [-0.05, 0) is 64.8 Å². The summed E-state index contributed by atoms with van der Waals surface area (Å²) in [5.41, 5.74) is -0.555. The predicted octanol–water partition coefficient (Wildman–Crippen LogP) is 3.14. The van der Waals surface area contributed by atoms with E-state index in [2.05, 4.69) is 4.90 Å². The Hall–Kier alpha value is -0.570. The van der Waals surface area contributed by atoms with Crippen LogP contribution in [0.5, 0.6) is 0 Å². The van der Waals surface area contributed by atoms with Gasteiger partial charge < -0.3 is 10.0 Å². The molecule has 0 atom stereocenters. The molecule has 2 saturated carbocycles. The molecule has 3 heteroatoms. The molecule has 0 aromatic carbocycles. The summed E-state index contributed by atoms with van der Waals surface area (Å²) < 4.78 is 0. The van der Waals surface area contributed by atoms with E-state index >= 15 is 0 Å². The summed E-state index contributed by atoms with van der Waals surface area (Å²) in [4.78, 5) is 13.7. The molecule has 0 aromatic heterocycles. The van der Waals surface area contributed by atoms with Crippen LogP contribution < -0.4 is 0 Å². The van der Waals surface area contributed by atoms with Gasteiger partial charge in [-0.1, -0.05) is 6.42 Å². The summed E-state index contributed by atoms with van der Waals surface area (Å²) in [5.74, 6) is 0.306. The summed E-state index contributed by atoms with van der Waals surface area (Å²) in [6, 6.07) is 0.859. The highest BCUT2D eigenvalue weighted by Crippen LogP contribution is 2.35. The van der Waals surface area contributed by atoms with E-state index in [0.717, 1.165) is 31.2 Å². The van der Waals surface area contributed by atoms with Crippen LogP contribution in [0.3, 0.4) is 0 Å². The van der Waals surface area contributed by atoms with Gasteiger partial charge in [0, 0.05) is 12.6 Å². The number of hydrogen-bond acceptors (Lipinski definition) is 2. The van der Waals surface area contributed by atoms with Gasteiger partial charge >= 0.3 is 5.97 Å². The van der Waals surface area contributed by atoms with Crippen molar-refractivity contribution in [1.29, 1.82) is 0 Å². The Bertz CT molecular complexity index is 293. The molecule has 2 fully saturated rings. The SMILES string of the molecule is CC(C)(CCCCN(CC1CC1)C1CC1)C(=O)O. The van der Waals surface area contributed by atoms with Crippen LogP contribution in [0.4, 0.5) is 0 Å². The smallest absolute Gasteiger partial charge is 0.309 e. The number of rotatable bonds is 9. The lowest BCUT2D eigenvalue weighted by molar-refractivity contribution is -0.147. The minimum Gasteiger partial charge on any atom is -0.481 e. The number of carboxylic acids is 1. The number of hydrogen-bond donors (Lipinski definition) is 1. The average molecular weight is 253 g/mol. The van der Waals surface area contributed by atoms with Crippen molar-refractivity contribution in [2.75, 3.05) is 13.1 Å². The molecule has 0 radical (unpaired) electrons. The Balaban J connectivity index is 1.62. The number of carboxylic acid groups (broad SMARTS) is 1. The first-order valence-electron chi connectivity index (χ1n) is 7.46. The minimum absolute atomic E-state index is 0.555. The molecule has 1 N–H and O–H groups in total. The van der Waals surface area contributed by atoms with Gasteiger partial charge in [0.15, 0.2) is 0 Å². The van der Waals surface area contributed by atoms with Crippen molar-refractivity contribution in [2.24, 2.45) is 11.3 Å². The third kappa shape index (κ3) is 4.27. The molecule has 2 aliphatic rings. The Kier molecular flexibility index (Phi) is 4.31. The zero-order valence-electron chi connectivity index (χ0n) is 11.8. The van der Waals surface area contributed by atoms with Crippen LogP contribution in [0.1, 0.15) is 58.8 Å². The lowest BCUT2D eigenvalue weighted by Crippen LogP contribution is -2.30. The normalized spacial score (nSPS) is 20.4. The fourth-order valence-electron chi connectivity index (χ4n) is 2.48. The van der Waals surface area contributed by atoms with Gasteiger partial charge in [0.25, 0.3) is 0 Å². The van der Waals surface area contributed by atoms with Crippen LogP contribution >= 0.6 is 0 Å². The third-order valence-corrected chi connectivity index (χ3v) is 4.33. The van der Waals surface area contributed by atoms with E-state index in [-0.39, 0.29) is 0 Å². The standard InChI is InChI=1S/C15H27NO2/c1-15(2,14(17)18)9-3-4-10-16(13-7-8-13)11-12-5-6-12/h12-13H,3-11H2,1-2H3,(H,17,18). The van der Waals surface area contributed by atoms with Crippen molar-refractivity contribution >= 4 is 5.97 Å². The van der Waals surface area contributed by atoms with Gasteiger partial charge in [0.05, 0.1) is 5.41 Å². The van der Waals surface area contributed by atoms with Crippen LogP contribution in [0.25, 0.3) is 0 Å². The van der Waals surface area contributed by atoms with Crippen molar-refractivity contribution in [3.8, 4) is 0 Å². The summed E-state index contributed by atoms with van der Waals surface area (Å²) in [5, 5.41) is 9.06. The quantitative estimate of drug-likeness (QED) is 0.642. The van der Waals surface area contributed by atoms with Crippen LogP contribution in [-0.2, 0) is 4.79 Å². The average Bonchev–Trinajstić information content (AvgIpc) is 3.14. The summed E-state index contributed by atoms with van der Waals surface area (Å²) in [7, 11) is 0. The molecule has 0 saturated heterocycles. The van der Waals surface area contributed by atoms with Gasteiger partial charge in [-0.15, -0.1) is 0 Å². The molecule has 0 aromatic rings. The largest absolute Gasteiger partial charge is 0.481 e. The highest BCUT2D eigenvalue weighted by Gasteiger charge is 2.33. The second-order valence-corrected chi connectivity index (χ2v) is 6.82. The van der Waals surface area contributed by atoms with Crippen LogP contribution in [0, 0.1) is 11.3 Å². The van der Waals surface area contributed by atoms with E-state index in [9.17, 15) is 4.79 Å². The maximum atomic E-state index is 11.0. The first-order chi connectivity index (χ1) is 8.49. The predicted molar refractivity (Wildman–Crippen MR) is 72.6 cm³/mol. The molecular formula is C15H27NO2. The molecule has 0 unspecified atom stereocenters. The topological polar surface area (TPSA) is 40.5 Å². The first-order valence-corrected chi connectivity index (χ1v) is 7.46. The molecular weight excluding hydrogens is 226 g/mol. The lowest BCUT2D eigenvalue weighted by atomic mass is 9.87. The fourth-order valence-corrected chi connectivity index (χ4v) is 2.48. The molecule has 2 rings (SSSR count). The highest BCUT2D eigenvalue weighted by atomic mass is 16.4. The molecule has 104 valence electrons.